The summed E-state index contributed by atoms with van der Waals surface area (Å²) in [6.45, 7) is 1.84. The van der Waals surface area contributed by atoms with Crippen LogP contribution < -0.4 is 11.1 Å². The van der Waals surface area contributed by atoms with Crippen molar-refractivity contribution in [2.45, 2.75) is 19.1 Å². The average molecular weight is 246 g/mol. The Morgan fingerprint density at radius 3 is 2.47 bits per heavy atom. The molecule has 1 saturated heterocycles. The molecule has 0 aromatic rings. The first-order valence-electron chi connectivity index (χ1n) is 5.80. The summed E-state index contributed by atoms with van der Waals surface area (Å²) < 4.78 is 15.3. The van der Waals surface area contributed by atoms with Gasteiger partial charge in [-0.05, 0) is 12.8 Å². The highest BCUT2D eigenvalue weighted by Crippen LogP contribution is 2.29. The first-order chi connectivity index (χ1) is 8.18. The van der Waals surface area contributed by atoms with Gasteiger partial charge in [-0.25, -0.2) is 0 Å². The second kappa shape index (κ2) is 6.90. The van der Waals surface area contributed by atoms with Crippen LogP contribution >= 0.6 is 0 Å². The highest BCUT2D eigenvalue weighted by atomic mass is 16.7. The molecule has 1 heterocycles. The van der Waals surface area contributed by atoms with Crippen molar-refractivity contribution in [3.63, 3.8) is 0 Å². The molecule has 3 N–H and O–H groups in total. The number of methoxy groups -OCH3 is 2. The number of carbonyl (C=O) groups is 1. The first-order valence-corrected chi connectivity index (χ1v) is 5.80. The summed E-state index contributed by atoms with van der Waals surface area (Å²) in [7, 11) is 3.07. The van der Waals surface area contributed by atoms with Gasteiger partial charge in [-0.3, -0.25) is 4.79 Å². The fourth-order valence-electron chi connectivity index (χ4n) is 1.91. The van der Waals surface area contributed by atoms with Crippen molar-refractivity contribution in [3.8, 4) is 0 Å². The Hall–Kier alpha value is -0.690. The zero-order valence-corrected chi connectivity index (χ0v) is 10.5. The lowest BCUT2D eigenvalue weighted by molar-refractivity contribution is -0.140. The summed E-state index contributed by atoms with van der Waals surface area (Å²) in [6, 6.07) is 0. The predicted molar refractivity (Wildman–Crippen MR) is 62.4 cm³/mol. The van der Waals surface area contributed by atoms with Gasteiger partial charge in [0, 0.05) is 34.0 Å². The van der Waals surface area contributed by atoms with Crippen molar-refractivity contribution in [2.75, 3.05) is 40.5 Å². The highest BCUT2D eigenvalue weighted by Gasteiger charge is 2.38. The summed E-state index contributed by atoms with van der Waals surface area (Å²) in [5.74, 6) is -0.0394. The number of hydrogen-bond donors (Lipinski definition) is 2. The van der Waals surface area contributed by atoms with E-state index in [-0.39, 0.29) is 5.91 Å². The Bertz CT molecular complexity index is 238. The van der Waals surface area contributed by atoms with E-state index in [1.165, 1.54) is 14.2 Å². The largest absolute Gasteiger partial charge is 0.381 e. The molecule has 0 aromatic heterocycles. The van der Waals surface area contributed by atoms with E-state index in [2.05, 4.69) is 5.32 Å². The Morgan fingerprint density at radius 2 is 2.00 bits per heavy atom. The molecule has 1 aliphatic heterocycles. The Balaban J connectivity index is 2.48. The van der Waals surface area contributed by atoms with E-state index in [4.69, 9.17) is 19.9 Å². The minimum Gasteiger partial charge on any atom is -0.381 e. The Labute approximate surface area is 102 Å². The van der Waals surface area contributed by atoms with Crippen molar-refractivity contribution < 1.29 is 19.0 Å². The van der Waals surface area contributed by atoms with Gasteiger partial charge in [0.05, 0.1) is 12.0 Å². The molecular weight excluding hydrogens is 224 g/mol. The molecule has 1 fully saturated rings. The van der Waals surface area contributed by atoms with Crippen LogP contribution in [-0.2, 0) is 19.0 Å². The molecule has 100 valence electrons. The normalized spacial score (nSPS) is 19.3. The van der Waals surface area contributed by atoms with Crippen LogP contribution in [0.15, 0.2) is 0 Å². The Morgan fingerprint density at radius 1 is 1.41 bits per heavy atom. The molecule has 0 aromatic carbocycles. The second-order valence-electron chi connectivity index (χ2n) is 4.21. The van der Waals surface area contributed by atoms with Crippen LogP contribution in [0.5, 0.6) is 0 Å². The summed E-state index contributed by atoms with van der Waals surface area (Å²) in [4.78, 5) is 12.1. The number of hydrogen-bond acceptors (Lipinski definition) is 5. The molecule has 0 unspecified atom stereocenters. The number of nitrogens with two attached hydrogens (primary N) is 1. The molecule has 1 aliphatic rings. The van der Waals surface area contributed by atoms with Crippen LogP contribution in [-0.4, -0.2) is 52.7 Å². The number of rotatable bonds is 6. The molecule has 17 heavy (non-hydrogen) atoms. The van der Waals surface area contributed by atoms with Crippen LogP contribution in [0.25, 0.3) is 0 Å². The minimum absolute atomic E-state index is 0.0394. The quantitative estimate of drug-likeness (QED) is 0.616. The van der Waals surface area contributed by atoms with Crippen LogP contribution in [0.3, 0.4) is 0 Å². The van der Waals surface area contributed by atoms with Gasteiger partial charge >= 0.3 is 0 Å². The number of amides is 1. The van der Waals surface area contributed by atoms with Crippen LogP contribution in [0.2, 0.25) is 0 Å². The number of ether oxygens (including phenoxy) is 3. The van der Waals surface area contributed by atoms with Crippen molar-refractivity contribution in [3.05, 3.63) is 0 Å². The maximum absolute atomic E-state index is 12.1. The number of nitrogens with one attached hydrogen (secondary N) is 1. The smallest absolute Gasteiger partial charge is 0.227 e. The summed E-state index contributed by atoms with van der Waals surface area (Å²) in [5, 5.41) is 2.82. The van der Waals surface area contributed by atoms with Crippen molar-refractivity contribution >= 4 is 5.91 Å². The van der Waals surface area contributed by atoms with E-state index < -0.39 is 11.7 Å². The topological polar surface area (TPSA) is 82.8 Å². The van der Waals surface area contributed by atoms with E-state index in [1.807, 2.05) is 0 Å². The molecule has 6 heteroatoms. The fraction of sp³-hybridized carbons (Fsp3) is 0.909. The van der Waals surface area contributed by atoms with Crippen LogP contribution in [0.1, 0.15) is 12.8 Å². The van der Waals surface area contributed by atoms with Gasteiger partial charge < -0.3 is 25.3 Å². The van der Waals surface area contributed by atoms with E-state index in [1.54, 1.807) is 0 Å². The zero-order chi connectivity index (χ0) is 12.7. The molecule has 0 saturated carbocycles. The standard InChI is InChI=1S/C11H22N2O4/c1-15-9(16-2)7-13-10(14)11(8-12)3-5-17-6-4-11/h9H,3-8,12H2,1-2H3,(H,13,14). The van der Waals surface area contributed by atoms with E-state index in [0.717, 1.165) is 0 Å². The van der Waals surface area contributed by atoms with Gasteiger partial charge in [-0.2, -0.15) is 0 Å². The van der Waals surface area contributed by atoms with Crippen LogP contribution in [0, 0.1) is 5.41 Å². The fourth-order valence-corrected chi connectivity index (χ4v) is 1.91. The molecule has 0 spiro atoms. The summed E-state index contributed by atoms with van der Waals surface area (Å²) in [6.07, 6.45) is 0.911. The lowest BCUT2D eigenvalue weighted by Gasteiger charge is -2.34. The molecular formula is C11H22N2O4. The van der Waals surface area contributed by atoms with Gasteiger partial charge in [-0.1, -0.05) is 0 Å². The zero-order valence-electron chi connectivity index (χ0n) is 10.5. The summed E-state index contributed by atoms with van der Waals surface area (Å²) >= 11 is 0. The van der Waals surface area contributed by atoms with Gasteiger partial charge in [0.1, 0.15) is 0 Å². The maximum Gasteiger partial charge on any atom is 0.227 e. The molecule has 0 bridgehead atoms. The molecule has 0 radical (unpaired) electrons. The van der Waals surface area contributed by atoms with Gasteiger partial charge in [-0.15, -0.1) is 0 Å². The third-order valence-corrected chi connectivity index (χ3v) is 3.28. The molecule has 1 amide bonds. The van der Waals surface area contributed by atoms with E-state index in [9.17, 15) is 4.79 Å². The maximum atomic E-state index is 12.1. The van der Waals surface area contributed by atoms with Gasteiger partial charge in [0.2, 0.25) is 5.91 Å². The molecule has 0 aliphatic carbocycles. The van der Waals surface area contributed by atoms with E-state index in [0.29, 0.717) is 39.1 Å². The average Bonchev–Trinajstić information content (AvgIpc) is 2.40. The molecule has 0 atom stereocenters. The Kier molecular flexibility index (Phi) is 5.84. The van der Waals surface area contributed by atoms with E-state index >= 15 is 0 Å². The third-order valence-electron chi connectivity index (χ3n) is 3.28. The number of carbonyl (C=O) groups excluding carboxylic acids is 1. The molecule has 6 nitrogen and oxygen atoms in total. The van der Waals surface area contributed by atoms with Crippen molar-refractivity contribution in [1.82, 2.24) is 5.32 Å². The van der Waals surface area contributed by atoms with Crippen LogP contribution in [0.4, 0.5) is 0 Å². The monoisotopic (exact) mass is 246 g/mol. The lowest BCUT2D eigenvalue weighted by atomic mass is 9.79. The second-order valence-corrected chi connectivity index (χ2v) is 4.21. The van der Waals surface area contributed by atoms with Crippen molar-refractivity contribution in [2.24, 2.45) is 11.1 Å². The minimum atomic E-state index is -0.496. The summed E-state index contributed by atoms with van der Waals surface area (Å²) in [5.41, 5.74) is 5.24. The lowest BCUT2D eigenvalue weighted by Crippen LogP contribution is -2.50. The van der Waals surface area contributed by atoms with Gasteiger partial charge in [0.25, 0.3) is 0 Å². The van der Waals surface area contributed by atoms with Gasteiger partial charge in [0.15, 0.2) is 6.29 Å². The first kappa shape index (κ1) is 14.4. The molecule has 1 rings (SSSR count). The third kappa shape index (κ3) is 3.64. The van der Waals surface area contributed by atoms with Crippen molar-refractivity contribution in [1.29, 1.82) is 0 Å². The SMILES string of the molecule is COC(CNC(=O)C1(CN)CCOCC1)OC. The highest BCUT2D eigenvalue weighted by molar-refractivity contribution is 5.83. The predicted octanol–water partition coefficient (Wildman–Crippen LogP) is -0.523.